The fourth-order valence-electron chi connectivity index (χ4n) is 2.39. The summed E-state index contributed by atoms with van der Waals surface area (Å²) in [7, 11) is 0. The van der Waals surface area contributed by atoms with Gasteiger partial charge in [0.1, 0.15) is 0 Å². The van der Waals surface area contributed by atoms with Crippen LogP contribution in [0.1, 0.15) is 37.4 Å². The number of hydrogen-bond acceptors (Lipinski definition) is 3. The van der Waals surface area contributed by atoms with Crippen molar-refractivity contribution in [3.05, 3.63) is 76.4 Å². The SMILES string of the molecule is O=C(O)C=Cc1ccc2c(c1)C(=O)c1ccccc1C2=O. The molecule has 1 aliphatic carbocycles. The molecular weight excluding hydrogens is 268 g/mol. The number of rotatable bonds is 2. The zero-order chi connectivity index (χ0) is 15.0. The number of carbonyl (C=O) groups is 3. The minimum absolute atomic E-state index is 0.186. The molecule has 0 bridgehead atoms. The summed E-state index contributed by atoms with van der Waals surface area (Å²) in [5.41, 5.74) is 2.02. The molecule has 0 radical (unpaired) electrons. The van der Waals surface area contributed by atoms with Crippen LogP contribution in [0.3, 0.4) is 0 Å². The molecule has 4 nitrogen and oxygen atoms in total. The molecule has 0 fully saturated rings. The van der Waals surface area contributed by atoms with Crippen molar-refractivity contribution in [1.82, 2.24) is 0 Å². The van der Waals surface area contributed by atoms with Crippen LogP contribution in [0.5, 0.6) is 0 Å². The summed E-state index contributed by atoms with van der Waals surface area (Å²) < 4.78 is 0. The molecule has 4 heteroatoms. The van der Waals surface area contributed by atoms with E-state index in [-0.39, 0.29) is 11.6 Å². The normalized spacial score (nSPS) is 13.1. The van der Waals surface area contributed by atoms with Gasteiger partial charge in [0.25, 0.3) is 0 Å². The van der Waals surface area contributed by atoms with Crippen LogP contribution in [-0.4, -0.2) is 22.6 Å². The first-order valence-corrected chi connectivity index (χ1v) is 6.31. The lowest BCUT2D eigenvalue weighted by Gasteiger charge is -2.17. The van der Waals surface area contributed by atoms with E-state index in [2.05, 4.69) is 0 Å². The van der Waals surface area contributed by atoms with E-state index >= 15 is 0 Å². The van der Waals surface area contributed by atoms with Crippen LogP contribution in [0.15, 0.2) is 48.5 Å². The van der Waals surface area contributed by atoms with Crippen LogP contribution >= 0.6 is 0 Å². The summed E-state index contributed by atoms with van der Waals surface area (Å²) in [6, 6.07) is 11.4. The van der Waals surface area contributed by atoms with Gasteiger partial charge in [-0.25, -0.2) is 4.79 Å². The third-order valence-corrected chi connectivity index (χ3v) is 3.37. The van der Waals surface area contributed by atoms with Gasteiger partial charge in [0.2, 0.25) is 0 Å². The molecule has 0 aromatic heterocycles. The van der Waals surface area contributed by atoms with Gasteiger partial charge >= 0.3 is 5.97 Å². The van der Waals surface area contributed by atoms with E-state index in [1.165, 1.54) is 6.08 Å². The second kappa shape index (κ2) is 4.83. The molecule has 102 valence electrons. The summed E-state index contributed by atoms with van der Waals surface area (Å²) in [4.78, 5) is 35.4. The van der Waals surface area contributed by atoms with Crippen molar-refractivity contribution in [2.45, 2.75) is 0 Å². The fraction of sp³-hybridized carbons (Fsp3) is 0. The maximum atomic E-state index is 12.5. The van der Waals surface area contributed by atoms with Crippen molar-refractivity contribution >= 4 is 23.6 Å². The van der Waals surface area contributed by atoms with Crippen LogP contribution in [0.2, 0.25) is 0 Å². The first-order valence-electron chi connectivity index (χ1n) is 6.31. The quantitative estimate of drug-likeness (QED) is 0.731. The molecule has 0 saturated carbocycles. The number of aliphatic carboxylic acids is 1. The molecule has 21 heavy (non-hydrogen) atoms. The number of carboxylic acid groups (broad SMARTS) is 1. The Bertz CT molecular complexity index is 815. The molecule has 2 aromatic carbocycles. The molecule has 0 spiro atoms. The topological polar surface area (TPSA) is 71.4 Å². The number of carbonyl (C=O) groups excluding carboxylic acids is 2. The zero-order valence-electron chi connectivity index (χ0n) is 10.9. The Kier molecular flexibility index (Phi) is 2.99. The predicted molar refractivity (Wildman–Crippen MR) is 76.4 cm³/mol. The maximum absolute atomic E-state index is 12.5. The Labute approximate surface area is 120 Å². The van der Waals surface area contributed by atoms with Gasteiger partial charge in [0.05, 0.1) is 0 Å². The van der Waals surface area contributed by atoms with E-state index in [1.54, 1.807) is 42.5 Å². The van der Waals surface area contributed by atoms with Gasteiger partial charge in [-0.1, -0.05) is 30.3 Å². The lowest BCUT2D eigenvalue weighted by Crippen LogP contribution is -2.20. The minimum atomic E-state index is -1.07. The van der Waals surface area contributed by atoms with E-state index in [1.807, 2.05) is 0 Å². The van der Waals surface area contributed by atoms with Gasteiger partial charge in [0, 0.05) is 28.3 Å². The van der Waals surface area contributed by atoms with E-state index < -0.39 is 5.97 Å². The Balaban J connectivity index is 2.13. The monoisotopic (exact) mass is 278 g/mol. The molecule has 0 unspecified atom stereocenters. The lowest BCUT2D eigenvalue weighted by atomic mass is 9.83. The second-order valence-corrected chi connectivity index (χ2v) is 4.68. The van der Waals surface area contributed by atoms with Gasteiger partial charge in [-0.2, -0.15) is 0 Å². The van der Waals surface area contributed by atoms with Crippen molar-refractivity contribution in [1.29, 1.82) is 0 Å². The Morgan fingerprint density at radius 3 is 2.05 bits per heavy atom. The maximum Gasteiger partial charge on any atom is 0.328 e. The molecule has 0 saturated heterocycles. The van der Waals surface area contributed by atoms with Crippen LogP contribution in [0, 0.1) is 0 Å². The molecule has 1 aliphatic rings. The molecule has 0 amide bonds. The Hall–Kier alpha value is -3.01. The van der Waals surface area contributed by atoms with Crippen molar-refractivity contribution < 1.29 is 19.5 Å². The van der Waals surface area contributed by atoms with Crippen LogP contribution in [-0.2, 0) is 4.79 Å². The van der Waals surface area contributed by atoms with Gasteiger partial charge in [-0.05, 0) is 23.8 Å². The fourth-order valence-corrected chi connectivity index (χ4v) is 2.39. The average molecular weight is 278 g/mol. The van der Waals surface area contributed by atoms with Crippen molar-refractivity contribution in [3.8, 4) is 0 Å². The summed E-state index contributed by atoms with van der Waals surface area (Å²) in [6.45, 7) is 0. The molecule has 0 atom stereocenters. The summed E-state index contributed by atoms with van der Waals surface area (Å²) in [6.07, 6.45) is 2.38. The van der Waals surface area contributed by atoms with Crippen molar-refractivity contribution in [2.75, 3.05) is 0 Å². The smallest absolute Gasteiger partial charge is 0.328 e. The highest BCUT2D eigenvalue weighted by Gasteiger charge is 2.28. The third kappa shape index (κ3) is 2.17. The lowest BCUT2D eigenvalue weighted by molar-refractivity contribution is -0.131. The standard InChI is InChI=1S/C17H10O4/c18-15(19)8-6-10-5-7-13-14(9-10)17(21)12-4-2-1-3-11(12)16(13)20/h1-9H,(H,18,19). The number of carboxylic acids is 1. The van der Waals surface area contributed by atoms with E-state index in [0.717, 1.165) is 6.08 Å². The number of benzene rings is 2. The van der Waals surface area contributed by atoms with Crippen molar-refractivity contribution in [2.24, 2.45) is 0 Å². The second-order valence-electron chi connectivity index (χ2n) is 4.68. The van der Waals surface area contributed by atoms with E-state index in [4.69, 9.17) is 5.11 Å². The van der Waals surface area contributed by atoms with Crippen LogP contribution in [0.4, 0.5) is 0 Å². The Morgan fingerprint density at radius 2 is 1.43 bits per heavy atom. The van der Waals surface area contributed by atoms with Crippen LogP contribution < -0.4 is 0 Å². The highest BCUT2D eigenvalue weighted by molar-refractivity contribution is 6.28. The highest BCUT2D eigenvalue weighted by Crippen LogP contribution is 2.28. The number of ketones is 2. The van der Waals surface area contributed by atoms with E-state index in [9.17, 15) is 14.4 Å². The van der Waals surface area contributed by atoms with Crippen molar-refractivity contribution in [3.63, 3.8) is 0 Å². The predicted octanol–water partition coefficient (Wildman–Crippen LogP) is 2.56. The molecule has 3 rings (SSSR count). The van der Waals surface area contributed by atoms with Gasteiger partial charge in [-0.15, -0.1) is 0 Å². The first kappa shape index (κ1) is 13.0. The van der Waals surface area contributed by atoms with Gasteiger partial charge < -0.3 is 5.11 Å². The number of fused-ring (bicyclic) bond motifs is 2. The first-order chi connectivity index (χ1) is 10.1. The summed E-state index contributed by atoms with van der Waals surface area (Å²) in [5.74, 6) is -1.47. The Morgan fingerprint density at radius 1 is 0.857 bits per heavy atom. The average Bonchev–Trinajstić information content (AvgIpc) is 2.50. The summed E-state index contributed by atoms with van der Waals surface area (Å²) in [5, 5.41) is 8.63. The van der Waals surface area contributed by atoms with E-state index in [0.29, 0.717) is 27.8 Å². The third-order valence-electron chi connectivity index (χ3n) is 3.37. The number of hydrogen-bond donors (Lipinski definition) is 1. The molecule has 1 N–H and O–H groups in total. The largest absolute Gasteiger partial charge is 0.478 e. The molecular formula is C17H10O4. The minimum Gasteiger partial charge on any atom is -0.478 e. The summed E-state index contributed by atoms with van der Waals surface area (Å²) >= 11 is 0. The van der Waals surface area contributed by atoms with Gasteiger partial charge in [-0.3, -0.25) is 9.59 Å². The molecule has 0 aliphatic heterocycles. The van der Waals surface area contributed by atoms with Crippen LogP contribution in [0.25, 0.3) is 6.08 Å². The zero-order valence-corrected chi connectivity index (χ0v) is 10.9. The highest BCUT2D eigenvalue weighted by atomic mass is 16.4. The van der Waals surface area contributed by atoms with Gasteiger partial charge in [0.15, 0.2) is 11.6 Å². The molecule has 0 heterocycles. The molecule has 2 aromatic rings.